The van der Waals surface area contributed by atoms with Crippen molar-refractivity contribution in [3.63, 3.8) is 0 Å². The Bertz CT molecular complexity index is 346. The molecule has 2 N–H and O–H groups in total. The Labute approximate surface area is 102 Å². The lowest BCUT2D eigenvalue weighted by Crippen LogP contribution is -2.44. The van der Waals surface area contributed by atoms with Gasteiger partial charge < -0.3 is 15.3 Å². The molecule has 1 atom stereocenters. The first-order chi connectivity index (χ1) is 8.18. The molecule has 2 heterocycles. The number of aliphatic hydroxyl groups is 1. The van der Waals surface area contributed by atoms with Gasteiger partial charge in [-0.3, -0.25) is 0 Å². The highest BCUT2D eigenvalue weighted by atomic mass is 16.3. The van der Waals surface area contributed by atoms with Gasteiger partial charge in [-0.25, -0.2) is 9.97 Å². The van der Waals surface area contributed by atoms with Crippen LogP contribution >= 0.6 is 0 Å². The van der Waals surface area contributed by atoms with Crippen LogP contribution in [0.5, 0.6) is 0 Å². The molecule has 1 fully saturated rings. The van der Waals surface area contributed by atoms with Crippen LogP contribution in [0.25, 0.3) is 0 Å². The number of rotatable bonds is 3. The van der Waals surface area contributed by atoms with Gasteiger partial charge in [0.1, 0.15) is 0 Å². The van der Waals surface area contributed by atoms with Crippen molar-refractivity contribution < 1.29 is 5.11 Å². The first-order valence-electron chi connectivity index (χ1n) is 6.14. The summed E-state index contributed by atoms with van der Waals surface area (Å²) in [5, 5.41) is 13.2. The SMILES string of the molecule is CC(C)C(O)c1cnc(N2CCNCC2)nc1. The zero-order valence-corrected chi connectivity index (χ0v) is 10.4. The second-order valence-corrected chi connectivity index (χ2v) is 4.74. The summed E-state index contributed by atoms with van der Waals surface area (Å²) < 4.78 is 0. The number of anilines is 1. The van der Waals surface area contributed by atoms with Gasteiger partial charge >= 0.3 is 0 Å². The second-order valence-electron chi connectivity index (χ2n) is 4.74. The van der Waals surface area contributed by atoms with Crippen LogP contribution < -0.4 is 10.2 Å². The van der Waals surface area contributed by atoms with E-state index in [0.29, 0.717) is 0 Å². The van der Waals surface area contributed by atoms with E-state index in [1.807, 2.05) is 13.8 Å². The van der Waals surface area contributed by atoms with Gasteiger partial charge in [-0.05, 0) is 5.92 Å². The molecule has 0 bridgehead atoms. The van der Waals surface area contributed by atoms with E-state index in [1.54, 1.807) is 12.4 Å². The second kappa shape index (κ2) is 5.42. The van der Waals surface area contributed by atoms with Crippen molar-refractivity contribution in [3.05, 3.63) is 18.0 Å². The highest BCUT2D eigenvalue weighted by molar-refractivity contribution is 5.31. The van der Waals surface area contributed by atoms with E-state index < -0.39 is 6.10 Å². The fourth-order valence-corrected chi connectivity index (χ4v) is 1.90. The monoisotopic (exact) mass is 236 g/mol. The van der Waals surface area contributed by atoms with E-state index in [4.69, 9.17) is 0 Å². The summed E-state index contributed by atoms with van der Waals surface area (Å²) >= 11 is 0. The smallest absolute Gasteiger partial charge is 0.225 e. The largest absolute Gasteiger partial charge is 0.388 e. The Kier molecular flexibility index (Phi) is 3.91. The molecule has 94 valence electrons. The summed E-state index contributed by atoms with van der Waals surface area (Å²) in [6.45, 7) is 7.78. The Morgan fingerprint density at radius 2 is 1.82 bits per heavy atom. The van der Waals surface area contributed by atoms with Gasteiger partial charge in [-0.1, -0.05) is 13.8 Å². The summed E-state index contributed by atoms with van der Waals surface area (Å²) in [5.41, 5.74) is 0.791. The van der Waals surface area contributed by atoms with Crippen LogP contribution in [0.1, 0.15) is 25.5 Å². The molecule has 0 aliphatic carbocycles. The Hall–Kier alpha value is -1.20. The average molecular weight is 236 g/mol. The standard InChI is InChI=1S/C12H20N4O/c1-9(2)11(17)10-7-14-12(15-8-10)16-5-3-13-4-6-16/h7-9,11,13,17H,3-6H2,1-2H3. The predicted octanol–water partition coefficient (Wildman–Crippen LogP) is 0.576. The van der Waals surface area contributed by atoms with Crippen molar-refractivity contribution in [2.75, 3.05) is 31.1 Å². The predicted molar refractivity (Wildman–Crippen MR) is 66.9 cm³/mol. The lowest BCUT2D eigenvalue weighted by atomic mass is 10.0. The molecule has 0 amide bonds. The van der Waals surface area contributed by atoms with Crippen molar-refractivity contribution in [1.82, 2.24) is 15.3 Å². The van der Waals surface area contributed by atoms with E-state index in [1.165, 1.54) is 0 Å². The third-order valence-corrected chi connectivity index (χ3v) is 3.03. The number of piperazine rings is 1. The van der Waals surface area contributed by atoms with Crippen molar-refractivity contribution in [1.29, 1.82) is 0 Å². The quantitative estimate of drug-likeness (QED) is 0.803. The summed E-state index contributed by atoms with van der Waals surface area (Å²) in [4.78, 5) is 10.8. The minimum atomic E-state index is -0.480. The summed E-state index contributed by atoms with van der Waals surface area (Å²) in [5.74, 6) is 0.940. The van der Waals surface area contributed by atoms with Gasteiger partial charge in [0.05, 0.1) is 6.10 Å². The van der Waals surface area contributed by atoms with Crippen LogP contribution in [0.15, 0.2) is 12.4 Å². The lowest BCUT2D eigenvalue weighted by Gasteiger charge is -2.27. The lowest BCUT2D eigenvalue weighted by molar-refractivity contribution is 0.126. The van der Waals surface area contributed by atoms with Crippen molar-refractivity contribution in [2.45, 2.75) is 20.0 Å². The first kappa shape index (κ1) is 12.3. The van der Waals surface area contributed by atoms with E-state index >= 15 is 0 Å². The van der Waals surface area contributed by atoms with Crippen LogP contribution in [-0.4, -0.2) is 41.3 Å². The summed E-state index contributed by atoms with van der Waals surface area (Å²) in [7, 11) is 0. The van der Waals surface area contributed by atoms with Crippen LogP contribution in [0, 0.1) is 5.92 Å². The molecule has 5 heteroatoms. The van der Waals surface area contributed by atoms with E-state index in [9.17, 15) is 5.11 Å². The third-order valence-electron chi connectivity index (χ3n) is 3.03. The number of hydrogen-bond acceptors (Lipinski definition) is 5. The van der Waals surface area contributed by atoms with Crippen molar-refractivity contribution >= 4 is 5.95 Å². The van der Waals surface area contributed by atoms with Crippen molar-refractivity contribution in [2.24, 2.45) is 5.92 Å². The fraction of sp³-hybridized carbons (Fsp3) is 0.667. The Balaban J connectivity index is 2.06. The van der Waals surface area contributed by atoms with Gasteiger partial charge in [0.2, 0.25) is 5.95 Å². The van der Waals surface area contributed by atoms with Gasteiger partial charge in [-0.15, -0.1) is 0 Å². The Morgan fingerprint density at radius 3 is 2.35 bits per heavy atom. The highest BCUT2D eigenvalue weighted by Gasteiger charge is 2.16. The maximum atomic E-state index is 9.90. The molecule has 1 aliphatic heterocycles. The topological polar surface area (TPSA) is 61.3 Å². The van der Waals surface area contributed by atoms with Crippen LogP contribution in [0.2, 0.25) is 0 Å². The fourth-order valence-electron chi connectivity index (χ4n) is 1.90. The summed E-state index contributed by atoms with van der Waals surface area (Å²) in [6, 6.07) is 0. The molecule has 0 radical (unpaired) electrons. The molecule has 17 heavy (non-hydrogen) atoms. The average Bonchev–Trinajstić information content (AvgIpc) is 2.39. The number of nitrogens with one attached hydrogen (secondary N) is 1. The third kappa shape index (κ3) is 2.92. The molecule has 1 aliphatic rings. The zero-order chi connectivity index (χ0) is 12.3. The normalized spacial score (nSPS) is 18.5. The van der Waals surface area contributed by atoms with E-state index in [-0.39, 0.29) is 5.92 Å². The van der Waals surface area contributed by atoms with Gasteiger partial charge in [0.15, 0.2) is 0 Å². The number of hydrogen-bond donors (Lipinski definition) is 2. The molecule has 2 rings (SSSR count). The Morgan fingerprint density at radius 1 is 1.24 bits per heavy atom. The van der Waals surface area contributed by atoms with E-state index in [2.05, 4.69) is 20.2 Å². The molecular weight excluding hydrogens is 216 g/mol. The minimum absolute atomic E-state index is 0.184. The first-order valence-corrected chi connectivity index (χ1v) is 6.14. The molecule has 1 aromatic heterocycles. The number of nitrogens with zero attached hydrogens (tertiary/aromatic N) is 3. The maximum absolute atomic E-state index is 9.90. The van der Waals surface area contributed by atoms with Gasteiger partial charge in [0, 0.05) is 44.1 Å². The molecule has 0 aromatic carbocycles. The van der Waals surface area contributed by atoms with Crippen LogP contribution in [0.3, 0.4) is 0 Å². The van der Waals surface area contributed by atoms with Crippen LogP contribution in [-0.2, 0) is 0 Å². The minimum Gasteiger partial charge on any atom is -0.388 e. The van der Waals surface area contributed by atoms with Gasteiger partial charge in [0.25, 0.3) is 0 Å². The zero-order valence-electron chi connectivity index (χ0n) is 10.4. The summed E-state index contributed by atoms with van der Waals surface area (Å²) in [6.07, 6.45) is 2.98. The van der Waals surface area contributed by atoms with Gasteiger partial charge in [-0.2, -0.15) is 0 Å². The van der Waals surface area contributed by atoms with Crippen LogP contribution in [0.4, 0.5) is 5.95 Å². The molecule has 5 nitrogen and oxygen atoms in total. The molecule has 1 aromatic rings. The molecular formula is C12H20N4O. The molecule has 0 saturated carbocycles. The number of aromatic nitrogens is 2. The molecule has 1 unspecified atom stereocenters. The highest BCUT2D eigenvalue weighted by Crippen LogP contribution is 2.20. The molecule has 0 spiro atoms. The number of aliphatic hydroxyl groups excluding tert-OH is 1. The van der Waals surface area contributed by atoms with Crippen molar-refractivity contribution in [3.8, 4) is 0 Å². The maximum Gasteiger partial charge on any atom is 0.225 e. The molecule has 1 saturated heterocycles. The van der Waals surface area contributed by atoms with E-state index in [0.717, 1.165) is 37.7 Å².